The number of hydrogen-bond donors (Lipinski definition) is 2. The van der Waals surface area contributed by atoms with Crippen LogP contribution in [-0.2, 0) is 0 Å². The van der Waals surface area contributed by atoms with Gasteiger partial charge in [-0.1, -0.05) is 37.6 Å². The third-order valence-electron chi connectivity index (χ3n) is 4.92. The van der Waals surface area contributed by atoms with E-state index in [0.29, 0.717) is 34.3 Å². The van der Waals surface area contributed by atoms with Gasteiger partial charge < -0.3 is 11.1 Å². The number of fused-ring (bicyclic) bond motifs is 2. The molecule has 0 saturated carbocycles. The highest BCUT2D eigenvalue weighted by Gasteiger charge is 2.23. The van der Waals surface area contributed by atoms with Crippen LogP contribution in [-0.4, -0.2) is 38.2 Å². The van der Waals surface area contributed by atoms with Crippen molar-refractivity contribution in [3.8, 4) is 0 Å². The highest BCUT2D eigenvalue weighted by molar-refractivity contribution is 6.10. The zero-order valence-electron chi connectivity index (χ0n) is 17.4. The number of nitro groups is 1. The van der Waals surface area contributed by atoms with E-state index in [2.05, 4.69) is 20.4 Å². The lowest BCUT2D eigenvalue weighted by molar-refractivity contribution is -0.384. The Bertz CT molecular complexity index is 1360. The molecule has 1 amide bonds. The minimum Gasteiger partial charge on any atom is -0.383 e. The van der Waals surface area contributed by atoms with E-state index in [9.17, 15) is 14.9 Å². The standard InChI is InChI=1S/C22H21N7O3/c1-2-3-11-24-22(30)18-19-21(27-17-10-5-4-9-16(17)26-19)28(20(18)23)25-13-14-7-6-8-15(12-14)29(31)32/h4-10,12-13H,2-3,11,23H2,1H3,(H,24,30). The summed E-state index contributed by atoms with van der Waals surface area (Å²) < 4.78 is 1.34. The molecular weight excluding hydrogens is 410 g/mol. The van der Waals surface area contributed by atoms with Gasteiger partial charge in [-0.3, -0.25) is 14.9 Å². The molecule has 0 aliphatic carbocycles. The highest BCUT2D eigenvalue weighted by Crippen LogP contribution is 2.28. The molecule has 32 heavy (non-hydrogen) atoms. The number of anilines is 1. The topological polar surface area (TPSA) is 141 Å². The number of carbonyl (C=O) groups is 1. The molecule has 0 aliphatic heterocycles. The molecule has 10 heteroatoms. The second-order valence-electron chi connectivity index (χ2n) is 7.16. The summed E-state index contributed by atoms with van der Waals surface area (Å²) in [5.74, 6) is -0.263. The lowest BCUT2D eigenvalue weighted by Crippen LogP contribution is -2.25. The van der Waals surface area contributed by atoms with Crippen molar-refractivity contribution < 1.29 is 9.72 Å². The zero-order chi connectivity index (χ0) is 22.7. The monoisotopic (exact) mass is 431 g/mol. The first-order valence-corrected chi connectivity index (χ1v) is 10.1. The zero-order valence-corrected chi connectivity index (χ0v) is 17.4. The Morgan fingerprint density at radius 3 is 2.69 bits per heavy atom. The Morgan fingerprint density at radius 1 is 1.22 bits per heavy atom. The molecule has 162 valence electrons. The third-order valence-corrected chi connectivity index (χ3v) is 4.92. The summed E-state index contributed by atoms with van der Waals surface area (Å²) in [4.78, 5) is 32.7. The quantitative estimate of drug-likeness (QED) is 0.199. The fourth-order valence-corrected chi connectivity index (χ4v) is 3.30. The second-order valence-corrected chi connectivity index (χ2v) is 7.16. The number of hydrogen-bond acceptors (Lipinski definition) is 7. The van der Waals surface area contributed by atoms with Gasteiger partial charge in [-0.2, -0.15) is 9.78 Å². The van der Waals surface area contributed by atoms with Gasteiger partial charge in [0.15, 0.2) is 5.65 Å². The van der Waals surface area contributed by atoms with Crippen LogP contribution in [0.25, 0.3) is 22.2 Å². The molecule has 0 unspecified atom stereocenters. The lowest BCUT2D eigenvalue weighted by atomic mass is 10.2. The van der Waals surface area contributed by atoms with Crippen LogP contribution in [0, 0.1) is 10.1 Å². The highest BCUT2D eigenvalue weighted by atomic mass is 16.6. The van der Waals surface area contributed by atoms with Crippen LogP contribution < -0.4 is 11.1 Å². The van der Waals surface area contributed by atoms with Gasteiger partial charge in [0.1, 0.15) is 16.9 Å². The number of rotatable bonds is 7. The number of non-ortho nitro benzene ring substituents is 1. The summed E-state index contributed by atoms with van der Waals surface area (Å²) in [5.41, 5.74) is 8.89. The smallest absolute Gasteiger partial charge is 0.270 e. The molecule has 2 aromatic heterocycles. The summed E-state index contributed by atoms with van der Waals surface area (Å²) in [6, 6.07) is 13.3. The van der Waals surface area contributed by atoms with Crippen LogP contribution >= 0.6 is 0 Å². The number of nitrogens with one attached hydrogen (secondary N) is 1. The van der Waals surface area contributed by atoms with Crippen molar-refractivity contribution in [3.05, 3.63) is 69.8 Å². The molecule has 0 spiro atoms. The van der Waals surface area contributed by atoms with E-state index < -0.39 is 4.92 Å². The molecule has 4 aromatic rings. The van der Waals surface area contributed by atoms with Crippen LogP contribution in [0.4, 0.5) is 11.5 Å². The molecule has 10 nitrogen and oxygen atoms in total. The fourth-order valence-electron chi connectivity index (χ4n) is 3.30. The fraction of sp³-hybridized carbons (Fsp3) is 0.182. The van der Waals surface area contributed by atoms with Crippen LogP contribution in [0.5, 0.6) is 0 Å². The molecule has 0 bridgehead atoms. The largest absolute Gasteiger partial charge is 0.383 e. The third kappa shape index (κ3) is 3.97. The van der Waals surface area contributed by atoms with E-state index in [1.54, 1.807) is 24.3 Å². The van der Waals surface area contributed by atoms with E-state index in [-0.39, 0.29) is 23.0 Å². The maximum Gasteiger partial charge on any atom is 0.270 e. The van der Waals surface area contributed by atoms with Gasteiger partial charge in [-0.15, -0.1) is 0 Å². The molecule has 0 atom stereocenters. The summed E-state index contributed by atoms with van der Waals surface area (Å²) >= 11 is 0. The molecule has 4 rings (SSSR count). The Kier molecular flexibility index (Phi) is 5.75. The SMILES string of the molecule is CCCCNC(=O)c1c(N)n(N=Cc2cccc([N+](=O)[O-])c2)c2nc3ccccc3nc12. The number of nitrogens with two attached hydrogens (primary N) is 1. The molecule has 0 fully saturated rings. The van der Waals surface area contributed by atoms with Crippen LogP contribution in [0.3, 0.4) is 0 Å². The maximum atomic E-state index is 12.9. The number of aromatic nitrogens is 3. The lowest BCUT2D eigenvalue weighted by Gasteiger charge is -2.04. The van der Waals surface area contributed by atoms with Gasteiger partial charge >= 0.3 is 0 Å². The molecular formula is C22H21N7O3. The normalized spacial score (nSPS) is 11.4. The van der Waals surface area contributed by atoms with E-state index >= 15 is 0 Å². The van der Waals surface area contributed by atoms with E-state index in [1.165, 1.54) is 23.0 Å². The van der Waals surface area contributed by atoms with Crippen molar-refractivity contribution in [1.82, 2.24) is 20.0 Å². The summed E-state index contributed by atoms with van der Waals surface area (Å²) in [6.07, 6.45) is 3.21. The van der Waals surface area contributed by atoms with Crippen molar-refractivity contribution in [1.29, 1.82) is 0 Å². The maximum absolute atomic E-state index is 12.9. The first kappa shape index (κ1) is 20.9. The summed E-state index contributed by atoms with van der Waals surface area (Å²) in [7, 11) is 0. The van der Waals surface area contributed by atoms with Crippen molar-refractivity contribution in [2.45, 2.75) is 19.8 Å². The summed E-state index contributed by atoms with van der Waals surface area (Å²) in [5, 5.41) is 18.3. The van der Waals surface area contributed by atoms with Crippen molar-refractivity contribution >= 4 is 45.8 Å². The van der Waals surface area contributed by atoms with Gasteiger partial charge in [-0.25, -0.2) is 9.97 Å². The second kappa shape index (κ2) is 8.80. The van der Waals surface area contributed by atoms with Crippen molar-refractivity contribution in [2.24, 2.45) is 5.10 Å². The first-order valence-electron chi connectivity index (χ1n) is 10.1. The van der Waals surface area contributed by atoms with E-state index in [0.717, 1.165) is 12.8 Å². The minimum atomic E-state index is -0.479. The Labute approximate surface area is 182 Å². The minimum absolute atomic E-state index is 0.0546. The summed E-state index contributed by atoms with van der Waals surface area (Å²) in [6.45, 7) is 2.55. The Balaban J connectivity index is 1.85. The van der Waals surface area contributed by atoms with Gasteiger partial charge in [-0.05, 0) is 18.6 Å². The molecule has 2 aromatic carbocycles. The average Bonchev–Trinajstić information content (AvgIpc) is 3.06. The first-order chi connectivity index (χ1) is 15.5. The number of benzene rings is 2. The molecule has 3 N–H and O–H groups in total. The molecule has 0 radical (unpaired) electrons. The predicted octanol–water partition coefficient (Wildman–Crippen LogP) is 3.49. The molecule has 2 heterocycles. The Hall–Kier alpha value is -4.34. The molecule has 0 aliphatic rings. The Morgan fingerprint density at radius 2 is 1.97 bits per heavy atom. The van der Waals surface area contributed by atoms with Crippen LogP contribution in [0.1, 0.15) is 35.7 Å². The van der Waals surface area contributed by atoms with E-state index in [1.807, 2.05) is 19.1 Å². The van der Waals surface area contributed by atoms with Crippen molar-refractivity contribution in [3.63, 3.8) is 0 Å². The molecule has 0 saturated heterocycles. The number of nitro benzene ring substituents is 1. The van der Waals surface area contributed by atoms with Crippen molar-refractivity contribution in [2.75, 3.05) is 12.3 Å². The van der Waals surface area contributed by atoms with E-state index in [4.69, 9.17) is 5.73 Å². The van der Waals surface area contributed by atoms with Crippen LogP contribution in [0.2, 0.25) is 0 Å². The number of carbonyl (C=O) groups excluding carboxylic acids is 1. The number of amides is 1. The predicted molar refractivity (Wildman–Crippen MR) is 123 cm³/mol. The van der Waals surface area contributed by atoms with Gasteiger partial charge in [0.25, 0.3) is 11.6 Å². The number of unbranched alkanes of at least 4 members (excludes halogenated alkanes) is 1. The van der Waals surface area contributed by atoms with Gasteiger partial charge in [0, 0.05) is 24.2 Å². The number of nitrogens with zero attached hydrogens (tertiary/aromatic N) is 5. The van der Waals surface area contributed by atoms with Gasteiger partial charge in [0.05, 0.1) is 22.2 Å². The van der Waals surface area contributed by atoms with Gasteiger partial charge in [0.2, 0.25) is 0 Å². The number of nitrogen functional groups attached to an aromatic ring is 1. The number of para-hydroxylation sites is 2. The van der Waals surface area contributed by atoms with Crippen LogP contribution in [0.15, 0.2) is 53.6 Å². The average molecular weight is 431 g/mol.